The number of nitrogens with one attached hydrogen (secondary N) is 1. The summed E-state index contributed by atoms with van der Waals surface area (Å²) in [6, 6.07) is 0. The van der Waals surface area contributed by atoms with E-state index < -0.39 is 0 Å². The maximum Gasteiger partial charge on any atom is 0.0694 e. The van der Waals surface area contributed by atoms with E-state index in [0.29, 0.717) is 0 Å². The maximum atomic E-state index is 5.15. The first kappa shape index (κ1) is 7.35. The standard InChI is InChI=1S/C8H13NO/c1-7(2)9-5-8-3-4-10-6-8/h5,9H,1,3-4,6H2,2H3/b8-5-. The second-order valence-corrected chi connectivity index (χ2v) is 2.53. The van der Waals surface area contributed by atoms with E-state index in [1.807, 2.05) is 13.1 Å². The van der Waals surface area contributed by atoms with Crippen LogP contribution in [-0.2, 0) is 4.74 Å². The van der Waals surface area contributed by atoms with Gasteiger partial charge in [-0.15, -0.1) is 0 Å². The second-order valence-electron chi connectivity index (χ2n) is 2.53. The van der Waals surface area contributed by atoms with Crippen molar-refractivity contribution in [3.8, 4) is 0 Å². The van der Waals surface area contributed by atoms with Crippen LogP contribution in [0.2, 0.25) is 0 Å². The summed E-state index contributed by atoms with van der Waals surface area (Å²) in [7, 11) is 0. The highest BCUT2D eigenvalue weighted by Gasteiger charge is 2.04. The second kappa shape index (κ2) is 3.42. The Morgan fingerprint density at radius 3 is 3.10 bits per heavy atom. The Morgan fingerprint density at radius 2 is 2.60 bits per heavy atom. The number of rotatable bonds is 2. The van der Waals surface area contributed by atoms with Crippen molar-refractivity contribution in [2.75, 3.05) is 13.2 Å². The van der Waals surface area contributed by atoms with E-state index in [0.717, 1.165) is 25.3 Å². The Labute approximate surface area is 61.6 Å². The molecule has 10 heavy (non-hydrogen) atoms. The smallest absolute Gasteiger partial charge is 0.0694 e. The molecular weight excluding hydrogens is 126 g/mol. The van der Waals surface area contributed by atoms with Crippen molar-refractivity contribution in [2.24, 2.45) is 0 Å². The Morgan fingerprint density at radius 1 is 1.80 bits per heavy atom. The summed E-state index contributed by atoms with van der Waals surface area (Å²) in [5.41, 5.74) is 2.29. The summed E-state index contributed by atoms with van der Waals surface area (Å²) in [6.45, 7) is 7.30. The quantitative estimate of drug-likeness (QED) is 0.624. The highest BCUT2D eigenvalue weighted by molar-refractivity contribution is 5.07. The lowest BCUT2D eigenvalue weighted by Crippen LogP contribution is -2.01. The molecule has 0 bridgehead atoms. The van der Waals surface area contributed by atoms with Crippen LogP contribution in [0.3, 0.4) is 0 Å². The molecule has 0 amide bonds. The van der Waals surface area contributed by atoms with Crippen molar-refractivity contribution in [3.05, 3.63) is 24.0 Å². The zero-order valence-corrected chi connectivity index (χ0v) is 6.31. The normalized spacial score (nSPS) is 21.5. The van der Waals surface area contributed by atoms with E-state index >= 15 is 0 Å². The van der Waals surface area contributed by atoms with Crippen LogP contribution < -0.4 is 5.32 Å². The van der Waals surface area contributed by atoms with Gasteiger partial charge in [0.15, 0.2) is 0 Å². The summed E-state index contributed by atoms with van der Waals surface area (Å²) in [5, 5.41) is 3.05. The predicted octanol–water partition coefficient (Wildman–Crippen LogP) is 1.41. The molecule has 1 fully saturated rings. The fraction of sp³-hybridized carbons (Fsp3) is 0.500. The van der Waals surface area contributed by atoms with Crippen LogP contribution in [-0.4, -0.2) is 13.2 Å². The van der Waals surface area contributed by atoms with E-state index in [9.17, 15) is 0 Å². The van der Waals surface area contributed by atoms with Gasteiger partial charge in [-0.3, -0.25) is 0 Å². The van der Waals surface area contributed by atoms with Gasteiger partial charge in [-0.25, -0.2) is 0 Å². The molecule has 1 saturated heterocycles. The van der Waals surface area contributed by atoms with E-state index in [2.05, 4.69) is 11.9 Å². The first-order valence-electron chi connectivity index (χ1n) is 3.47. The van der Waals surface area contributed by atoms with Crippen LogP contribution in [0.5, 0.6) is 0 Å². The molecule has 0 saturated carbocycles. The van der Waals surface area contributed by atoms with Crippen LogP contribution in [0.15, 0.2) is 24.0 Å². The summed E-state index contributed by atoms with van der Waals surface area (Å²) < 4.78 is 5.15. The van der Waals surface area contributed by atoms with Crippen molar-refractivity contribution in [1.82, 2.24) is 5.32 Å². The average Bonchev–Trinajstić information content (AvgIpc) is 2.34. The molecule has 1 rings (SSSR count). The van der Waals surface area contributed by atoms with Crippen molar-refractivity contribution in [3.63, 3.8) is 0 Å². The molecule has 1 heterocycles. The molecule has 0 aromatic heterocycles. The van der Waals surface area contributed by atoms with Crippen molar-refractivity contribution in [1.29, 1.82) is 0 Å². The molecule has 2 nitrogen and oxygen atoms in total. The van der Waals surface area contributed by atoms with E-state index in [-0.39, 0.29) is 0 Å². The Kier molecular flexibility index (Phi) is 2.51. The lowest BCUT2D eigenvalue weighted by atomic mass is 10.2. The molecule has 1 N–H and O–H groups in total. The summed E-state index contributed by atoms with van der Waals surface area (Å²) in [6.07, 6.45) is 3.04. The molecular formula is C8H13NO. The molecule has 2 heteroatoms. The first-order chi connectivity index (χ1) is 4.79. The summed E-state index contributed by atoms with van der Waals surface area (Å²) in [4.78, 5) is 0. The lowest BCUT2D eigenvalue weighted by Gasteiger charge is -1.97. The third-order valence-electron chi connectivity index (χ3n) is 1.38. The minimum absolute atomic E-state index is 0.778. The van der Waals surface area contributed by atoms with Gasteiger partial charge in [0.25, 0.3) is 0 Å². The highest BCUT2D eigenvalue weighted by Crippen LogP contribution is 2.09. The molecule has 0 spiro atoms. The Hall–Kier alpha value is -0.760. The number of allylic oxidation sites excluding steroid dienone is 1. The Bertz CT molecular complexity index is 153. The molecule has 56 valence electrons. The molecule has 0 aliphatic carbocycles. The molecule has 1 aliphatic heterocycles. The lowest BCUT2D eigenvalue weighted by molar-refractivity contribution is 0.204. The molecule has 0 aromatic rings. The monoisotopic (exact) mass is 139 g/mol. The van der Waals surface area contributed by atoms with Gasteiger partial charge in [0, 0.05) is 11.9 Å². The highest BCUT2D eigenvalue weighted by atomic mass is 16.5. The van der Waals surface area contributed by atoms with Gasteiger partial charge in [0.2, 0.25) is 0 Å². The van der Waals surface area contributed by atoms with Crippen molar-refractivity contribution < 1.29 is 4.74 Å². The van der Waals surface area contributed by atoms with Crippen LogP contribution in [0.1, 0.15) is 13.3 Å². The number of hydrogen-bond donors (Lipinski definition) is 1. The molecule has 0 atom stereocenters. The van der Waals surface area contributed by atoms with E-state index in [1.165, 1.54) is 5.57 Å². The minimum atomic E-state index is 0.778. The van der Waals surface area contributed by atoms with Crippen molar-refractivity contribution in [2.45, 2.75) is 13.3 Å². The SMILES string of the molecule is C=C(C)N/C=C1/CCOC1. The van der Waals surface area contributed by atoms with Crippen LogP contribution >= 0.6 is 0 Å². The van der Waals surface area contributed by atoms with Gasteiger partial charge in [-0.05, 0) is 18.9 Å². The van der Waals surface area contributed by atoms with Gasteiger partial charge >= 0.3 is 0 Å². The zero-order chi connectivity index (χ0) is 7.40. The number of hydrogen-bond acceptors (Lipinski definition) is 2. The largest absolute Gasteiger partial charge is 0.377 e. The fourth-order valence-corrected chi connectivity index (χ4v) is 0.818. The topological polar surface area (TPSA) is 21.3 Å². The van der Waals surface area contributed by atoms with Gasteiger partial charge in [0.1, 0.15) is 0 Å². The first-order valence-corrected chi connectivity index (χ1v) is 3.47. The van der Waals surface area contributed by atoms with Crippen LogP contribution in [0.4, 0.5) is 0 Å². The third-order valence-corrected chi connectivity index (χ3v) is 1.38. The van der Waals surface area contributed by atoms with Gasteiger partial charge in [-0.2, -0.15) is 0 Å². The Balaban J connectivity index is 2.31. The third kappa shape index (κ3) is 2.23. The molecule has 1 aliphatic rings. The van der Waals surface area contributed by atoms with Gasteiger partial charge < -0.3 is 10.1 Å². The maximum absolute atomic E-state index is 5.15. The van der Waals surface area contributed by atoms with Crippen molar-refractivity contribution >= 4 is 0 Å². The zero-order valence-electron chi connectivity index (χ0n) is 6.31. The summed E-state index contributed by atoms with van der Waals surface area (Å²) >= 11 is 0. The molecule has 0 aromatic carbocycles. The minimum Gasteiger partial charge on any atom is -0.377 e. The fourth-order valence-electron chi connectivity index (χ4n) is 0.818. The average molecular weight is 139 g/mol. The summed E-state index contributed by atoms with van der Waals surface area (Å²) in [5.74, 6) is 0. The molecule has 0 radical (unpaired) electrons. The van der Waals surface area contributed by atoms with Crippen LogP contribution in [0, 0.1) is 0 Å². The van der Waals surface area contributed by atoms with Gasteiger partial charge in [-0.1, -0.05) is 6.58 Å². The van der Waals surface area contributed by atoms with E-state index in [4.69, 9.17) is 4.74 Å². The van der Waals surface area contributed by atoms with Gasteiger partial charge in [0.05, 0.1) is 13.2 Å². The number of ether oxygens (including phenoxy) is 1. The van der Waals surface area contributed by atoms with E-state index in [1.54, 1.807) is 0 Å². The predicted molar refractivity (Wildman–Crippen MR) is 41.5 cm³/mol. The molecule has 0 unspecified atom stereocenters. The van der Waals surface area contributed by atoms with Crippen LogP contribution in [0.25, 0.3) is 0 Å².